The number of rotatable bonds is 5. The zero-order valence-corrected chi connectivity index (χ0v) is 17.5. The maximum Gasteiger partial charge on any atom is 0.405 e. The lowest BCUT2D eigenvalue weighted by molar-refractivity contribution is 0.0600. The van der Waals surface area contributed by atoms with Gasteiger partial charge >= 0.3 is 6.09 Å². The Kier molecular flexibility index (Phi) is 10.2. The van der Waals surface area contributed by atoms with E-state index < -0.39 is 11.7 Å². The smallest absolute Gasteiger partial charge is 0.405 e. The highest BCUT2D eigenvalue weighted by molar-refractivity contribution is 9.10. The van der Waals surface area contributed by atoms with Gasteiger partial charge in [0.25, 0.3) is 0 Å². The van der Waals surface area contributed by atoms with Gasteiger partial charge in [-0.3, -0.25) is 0 Å². The first-order valence-electron chi connectivity index (χ1n) is 8.25. The molecule has 1 aromatic rings. The van der Waals surface area contributed by atoms with E-state index in [1.54, 1.807) is 26.8 Å². The molecule has 2 N–H and O–H groups in total. The van der Waals surface area contributed by atoms with Gasteiger partial charge in [-0.15, -0.1) is 0 Å². The van der Waals surface area contributed by atoms with Crippen LogP contribution in [0.3, 0.4) is 0 Å². The Morgan fingerprint density at radius 2 is 1.92 bits per heavy atom. The van der Waals surface area contributed by atoms with Gasteiger partial charge in [-0.05, 0) is 57.2 Å². The molecule has 0 fully saturated rings. The van der Waals surface area contributed by atoms with Gasteiger partial charge in [0, 0.05) is 4.47 Å². The molecule has 0 aliphatic heterocycles. The summed E-state index contributed by atoms with van der Waals surface area (Å²) in [6.07, 6.45) is 0.413. The minimum Gasteiger partial charge on any atom is -0.492 e. The van der Waals surface area contributed by atoms with Crippen LogP contribution in [0.1, 0.15) is 53.5 Å². The van der Waals surface area contributed by atoms with Gasteiger partial charge < -0.3 is 15.2 Å². The standard InChI is InChI=1S/C14H18BrNO.C5H11NO2/c1-10(2)6-11(3)9-17-14-5-4-13(15)7-12(14)8-16;1-5(2,3)8-4(6)7/h4-5,7,10-11H,6,9H2,1-3H3;1-3H3,(H2,6,7). The number of hydrogen-bond donors (Lipinski definition) is 1. The zero-order valence-electron chi connectivity index (χ0n) is 15.9. The van der Waals surface area contributed by atoms with Crippen molar-refractivity contribution in [2.24, 2.45) is 17.6 Å². The van der Waals surface area contributed by atoms with Crippen LogP contribution in [0.25, 0.3) is 0 Å². The van der Waals surface area contributed by atoms with E-state index in [1.807, 2.05) is 12.1 Å². The Hall–Kier alpha value is -1.74. The van der Waals surface area contributed by atoms with Crippen LogP contribution in [-0.4, -0.2) is 18.3 Å². The molecule has 0 bridgehead atoms. The van der Waals surface area contributed by atoms with E-state index >= 15 is 0 Å². The average Bonchev–Trinajstić information content (AvgIpc) is 2.43. The van der Waals surface area contributed by atoms with E-state index in [0.29, 0.717) is 29.8 Å². The number of nitriles is 1. The summed E-state index contributed by atoms with van der Waals surface area (Å²) in [5.74, 6) is 1.85. The monoisotopic (exact) mass is 412 g/mol. The fraction of sp³-hybridized carbons (Fsp3) is 0.579. The summed E-state index contributed by atoms with van der Waals surface area (Å²) in [5, 5.41) is 9.00. The van der Waals surface area contributed by atoms with Crippen molar-refractivity contribution in [3.05, 3.63) is 28.2 Å². The fourth-order valence-electron chi connectivity index (χ4n) is 2.12. The molecule has 0 saturated heterocycles. The van der Waals surface area contributed by atoms with E-state index in [-0.39, 0.29) is 0 Å². The molecule has 0 aromatic heterocycles. The number of amides is 1. The molecular weight excluding hydrogens is 384 g/mol. The number of nitrogens with zero attached hydrogens (tertiary/aromatic N) is 1. The van der Waals surface area contributed by atoms with Crippen molar-refractivity contribution in [3.63, 3.8) is 0 Å². The normalized spacial score (nSPS) is 11.8. The van der Waals surface area contributed by atoms with Crippen molar-refractivity contribution in [1.29, 1.82) is 5.26 Å². The molecule has 0 saturated carbocycles. The summed E-state index contributed by atoms with van der Waals surface area (Å²) in [5.41, 5.74) is 4.84. The summed E-state index contributed by atoms with van der Waals surface area (Å²) >= 11 is 3.34. The lowest BCUT2D eigenvalue weighted by Gasteiger charge is -2.16. The minimum absolute atomic E-state index is 0.453. The number of primary amides is 1. The predicted molar refractivity (Wildman–Crippen MR) is 103 cm³/mol. The molecular formula is C19H29BrN2O3. The summed E-state index contributed by atoms with van der Waals surface area (Å²) in [6.45, 7) is 12.5. The molecule has 1 amide bonds. The molecule has 1 aromatic carbocycles. The molecule has 1 rings (SSSR count). The van der Waals surface area contributed by atoms with E-state index in [4.69, 9.17) is 15.7 Å². The van der Waals surface area contributed by atoms with Crippen LogP contribution >= 0.6 is 15.9 Å². The topological polar surface area (TPSA) is 85.3 Å². The highest BCUT2D eigenvalue weighted by Crippen LogP contribution is 2.23. The molecule has 0 radical (unpaired) electrons. The zero-order chi connectivity index (χ0) is 19.6. The Labute approximate surface area is 159 Å². The van der Waals surface area contributed by atoms with Crippen LogP contribution in [0, 0.1) is 23.2 Å². The first kappa shape index (κ1) is 23.3. The van der Waals surface area contributed by atoms with Crippen LogP contribution in [0.15, 0.2) is 22.7 Å². The second-order valence-corrected chi connectivity index (χ2v) is 8.25. The lowest BCUT2D eigenvalue weighted by Crippen LogP contribution is -2.27. The van der Waals surface area contributed by atoms with Crippen molar-refractivity contribution in [2.45, 2.75) is 53.6 Å². The SMILES string of the molecule is CC(C)(C)OC(N)=O.CC(C)CC(C)COc1ccc(Br)cc1C#N. The van der Waals surface area contributed by atoms with E-state index in [2.05, 4.69) is 47.5 Å². The predicted octanol–water partition coefficient (Wildman–Crippen LogP) is 5.26. The quantitative estimate of drug-likeness (QED) is 0.713. The highest BCUT2D eigenvalue weighted by Gasteiger charge is 2.12. The number of halogens is 1. The first-order valence-corrected chi connectivity index (χ1v) is 9.04. The Balaban J connectivity index is 0.000000609. The summed E-state index contributed by atoms with van der Waals surface area (Å²) < 4.78 is 11.2. The molecule has 25 heavy (non-hydrogen) atoms. The number of nitrogens with two attached hydrogens (primary N) is 1. The Bertz CT molecular complexity index is 589. The molecule has 6 heteroatoms. The van der Waals surface area contributed by atoms with Crippen molar-refractivity contribution in [3.8, 4) is 11.8 Å². The fourth-order valence-corrected chi connectivity index (χ4v) is 2.48. The van der Waals surface area contributed by atoms with E-state index in [1.165, 1.54) is 0 Å². The number of carbonyl (C=O) groups is 1. The van der Waals surface area contributed by atoms with Gasteiger partial charge in [0.15, 0.2) is 0 Å². The molecule has 0 aliphatic rings. The third kappa shape index (κ3) is 12.3. The molecule has 1 atom stereocenters. The first-order chi connectivity index (χ1) is 11.4. The highest BCUT2D eigenvalue weighted by atomic mass is 79.9. The van der Waals surface area contributed by atoms with E-state index in [9.17, 15) is 4.79 Å². The largest absolute Gasteiger partial charge is 0.492 e. The second-order valence-electron chi connectivity index (χ2n) is 7.33. The minimum atomic E-state index is -0.725. The van der Waals surface area contributed by atoms with Crippen molar-refractivity contribution >= 4 is 22.0 Å². The number of benzene rings is 1. The van der Waals surface area contributed by atoms with Crippen molar-refractivity contribution < 1.29 is 14.3 Å². The average molecular weight is 413 g/mol. The van der Waals surface area contributed by atoms with Crippen LogP contribution in [-0.2, 0) is 4.74 Å². The third-order valence-electron chi connectivity index (χ3n) is 2.87. The third-order valence-corrected chi connectivity index (χ3v) is 3.36. The number of hydrogen-bond acceptors (Lipinski definition) is 4. The molecule has 1 unspecified atom stereocenters. The summed E-state index contributed by atoms with van der Waals surface area (Å²) in [6, 6.07) is 7.66. The van der Waals surface area contributed by atoms with Crippen LogP contribution < -0.4 is 10.5 Å². The summed E-state index contributed by atoms with van der Waals surface area (Å²) in [7, 11) is 0. The molecule has 0 heterocycles. The number of ether oxygens (including phenoxy) is 2. The van der Waals surface area contributed by atoms with E-state index in [0.717, 1.165) is 10.9 Å². The van der Waals surface area contributed by atoms with Gasteiger partial charge in [-0.2, -0.15) is 5.26 Å². The van der Waals surface area contributed by atoms with Gasteiger partial charge in [0.05, 0.1) is 12.2 Å². The van der Waals surface area contributed by atoms with Crippen molar-refractivity contribution in [1.82, 2.24) is 0 Å². The van der Waals surface area contributed by atoms with Crippen molar-refractivity contribution in [2.75, 3.05) is 6.61 Å². The second kappa shape index (κ2) is 11.0. The van der Waals surface area contributed by atoms with Crippen LogP contribution in [0.4, 0.5) is 4.79 Å². The number of carbonyl (C=O) groups excluding carboxylic acids is 1. The molecule has 0 aliphatic carbocycles. The Morgan fingerprint density at radius 3 is 2.32 bits per heavy atom. The van der Waals surface area contributed by atoms with Crippen LogP contribution in [0.2, 0.25) is 0 Å². The maximum atomic E-state index is 10.0. The Morgan fingerprint density at radius 1 is 1.32 bits per heavy atom. The van der Waals surface area contributed by atoms with Gasteiger partial charge in [0.2, 0.25) is 0 Å². The van der Waals surface area contributed by atoms with Gasteiger partial charge in [-0.25, -0.2) is 4.79 Å². The molecule has 5 nitrogen and oxygen atoms in total. The van der Waals surface area contributed by atoms with Gasteiger partial charge in [0.1, 0.15) is 17.4 Å². The van der Waals surface area contributed by atoms with Gasteiger partial charge in [-0.1, -0.05) is 36.7 Å². The molecule has 140 valence electrons. The maximum absolute atomic E-state index is 10.0. The van der Waals surface area contributed by atoms with Crippen LogP contribution in [0.5, 0.6) is 5.75 Å². The lowest BCUT2D eigenvalue weighted by atomic mass is 10.00. The molecule has 0 spiro atoms. The summed E-state index contributed by atoms with van der Waals surface area (Å²) in [4.78, 5) is 10.0.